The second-order valence-corrected chi connectivity index (χ2v) is 4.02. The minimum Gasteiger partial charge on any atom is -0.406 e. The van der Waals surface area contributed by atoms with E-state index in [9.17, 15) is 13.2 Å². The molecule has 0 bridgehead atoms. The van der Waals surface area contributed by atoms with Crippen molar-refractivity contribution in [1.29, 1.82) is 0 Å². The van der Waals surface area contributed by atoms with E-state index in [1.165, 1.54) is 30.3 Å². The predicted octanol–water partition coefficient (Wildman–Crippen LogP) is 3.35. The molecular weight excluding hydrogens is 297 g/mol. The second-order valence-electron chi connectivity index (χ2n) is 3.63. The first-order chi connectivity index (χ1) is 9.32. The standard InChI is InChI=1S/C11H8ClF3N4O/c12-8-5-9(19-10(16)18-8)17-6-1-3-7(4-2-6)20-11(13,14)15/h1-5H,(H3,16,17,18,19). The first kappa shape index (κ1) is 14.2. The fourth-order valence-corrected chi connectivity index (χ4v) is 1.58. The van der Waals surface area contributed by atoms with Crippen molar-refractivity contribution >= 4 is 29.1 Å². The first-order valence-electron chi connectivity index (χ1n) is 5.25. The molecule has 0 spiro atoms. The third-order valence-electron chi connectivity index (χ3n) is 2.07. The molecule has 2 rings (SSSR count). The fourth-order valence-electron chi connectivity index (χ4n) is 1.39. The van der Waals surface area contributed by atoms with Gasteiger partial charge < -0.3 is 15.8 Å². The molecular formula is C11H8ClF3N4O. The molecule has 0 aliphatic rings. The number of halogens is 4. The number of alkyl halides is 3. The number of nitrogens with zero attached hydrogens (tertiary/aromatic N) is 2. The van der Waals surface area contributed by atoms with Crippen LogP contribution < -0.4 is 15.8 Å². The highest BCUT2D eigenvalue weighted by Gasteiger charge is 2.30. The van der Waals surface area contributed by atoms with Gasteiger partial charge in [0.05, 0.1) is 0 Å². The average Bonchev–Trinajstić information content (AvgIpc) is 2.28. The smallest absolute Gasteiger partial charge is 0.406 e. The first-order valence-corrected chi connectivity index (χ1v) is 5.62. The van der Waals surface area contributed by atoms with Crippen LogP contribution in [0, 0.1) is 0 Å². The Labute approximate surface area is 116 Å². The Morgan fingerprint density at radius 1 is 1.15 bits per heavy atom. The van der Waals surface area contributed by atoms with Crippen LogP contribution in [0.3, 0.4) is 0 Å². The zero-order chi connectivity index (χ0) is 14.8. The normalized spacial score (nSPS) is 11.2. The summed E-state index contributed by atoms with van der Waals surface area (Å²) in [5, 5.41) is 2.97. The summed E-state index contributed by atoms with van der Waals surface area (Å²) in [5.41, 5.74) is 5.91. The van der Waals surface area contributed by atoms with Gasteiger partial charge in [0.1, 0.15) is 16.7 Å². The molecule has 0 atom stereocenters. The van der Waals surface area contributed by atoms with Crippen LogP contribution in [-0.2, 0) is 0 Å². The predicted molar refractivity (Wildman–Crippen MR) is 67.9 cm³/mol. The molecule has 1 aromatic carbocycles. The van der Waals surface area contributed by atoms with E-state index in [0.29, 0.717) is 11.5 Å². The number of nitrogens with two attached hydrogens (primary N) is 1. The molecule has 0 aliphatic heterocycles. The number of nitrogens with one attached hydrogen (secondary N) is 1. The lowest BCUT2D eigenvalue weighted by Gasteiger charge is -2.10. The molecule has 0 amide bonds. The minimum absolute atomic E-state index is 0.0166. The van der Waals surface area contributed by atoms with E-state index >= 15 is 0 Å². The fraction of sp³-hybridized carbons (Fsp3) is 0.0909. The van der Waals surface area contributed by atoms with Gasteiger partial charge in [0, 0.05) is 11.8 Å². The number of ether oxygens (including phenoxy) is 1. The van der Waals surface area contributed by atoms with Gasteiger partial charge in [0.2, 0.25) is 5.95 Å². The molecule has 106 valence electrons. The lowest BCUT2D eigenvalue weighted by atomic mass is 10.3. The van der Waals surface area contributed by atoms with Crippen molar-refractivity contribution in [2.45, 2.75) is 6.36 Å². The van der Waals surface area contributed by atoms with Gasteiger partial charge in [-0.15, -0.1) is 13.2 Å². The van der Waals surface area contributed by atoms with Crippen molar-refractivity contribution in [2.24, 2.45) is 0 Å². The number of hydrogen-bond acceptors (Lipinski definition) is 5. The van der Waals surface area contributed by atoms with Gasteiger partial charge in [-0.2, -0.15) is 4.98 Å². The number of anilines is 3. The van der Waals surface area contributed by atoms with Gasteiger partial charge in [-0.3, -0.25) is 0 Å². The highest BCUT2D eigenvalue weighted by atomic mass is 35.5. The van der Waals surface area contributed by atoms with E-state index in [-0.39, 0.29) is 16.9 Å². The van der Waals surface area contributed by atoms with E-state index in [1.54, 1.807) is 0 Å². The zero-order valence-corrected chi connectivity index (χ0v) is 10.5. The minimum atomic E-state index is -4.72. The van der Waals surface area contributed by atoms with E-state index in [2.05, 4.69) is 20.0 Å². The van der Waals surface area contributed by atoms with Crippen molar-refractivity contribution < 1.29 is 17.9 Å². The molecule has 0 fully saturated rings. The Kier molecular flexibility index (Phi) is 3.84. The third kappa shape index (κ3) is 4.16. The van der Waals surface area contributed by atoms with E-state index in [0.717, 1.165) is 0 Å². The Bertz CT molecular complexity index is 583. The zero-order valence-electron chi connectivity index (χ0n) is 9.78. The molecule has 1 heterocycles. The van der Waals surface area contributed by atoms with Crippen molar-refractivity contribution in [1.82, 2.24) is 9.97 Å². The van der Waals surface area contributed by atoms with Gasteiger partial charge in [-0.25, -0.2) is 4.98 Å². The number of hydrogen-bond donors (Lipinski definition) is 2. The summed E-state index contributed by atoms with van der Waals surface area (Å²) in [5.74, 6) is -0.00713. The lowest BCUT2D eigenvalue weighted by molar-refractivity contribution is -0.274. The largest absolute Gasteiger partial charge is 0.573 e. The average molecular weight is 305 g/mol. The van der Waals surface area contributed by atoms with Crippen molar-refractivity contribution in [2.75, 3.05) is 11.1 Å². The Hall–Kier alpha value is -2.22. The molecule has 0 saturated carbocycles. The van der Waals surface area contributed by atoms with Crippen molar-refractivity contribution in [3.05, 3.63) is 35.5 Å². The van der Waals surface area contributed by atoms with E-state index in [1.807, 2.05) is 0 Å². The van der Waals surface area contributed by atoms with Crippen LogP contribution >= 0.6 is 11.6 Å². The van der Waals surface area contributed by atoms with Crippen LogP contribution in [0.25, 0.3) is 0 Å². The Morgan fingerprint density at radius 2 is 1.80 bits per heavy atom. The van der Waals surface area contributed by atoms with Crippen LogP contribution in [0.4, 0.5) is 30.6 Å². The molecule has 20 heavy (non-hydrogen) atoms. The SMILES string of the molecule is Nc1nc(Cl)cc(Nc2ccc(OC(F)(F)F)cc2)n1. The van der Waals surface area contributed by atoms with Crippen LogP contribution in [0.2, 0.25) is 5.15 Å². The molecule has 0 aliphatic carbocycles. The van der Waals surface area contributed by atoms with Crippen LogP contribution in [0.1, 0.15) is 0 Å². The van der Waals surface area contributed by atoms with Gasteiger partial charge in [-0.05, 0) is 24.3 Å². The Balaban J connectivity index is 2.10. The quantitative estimate of drug-likeness (QED) is 0.851. The maximum absolute atomic E-state index is 12.0. The summed E-state index contributed by atoms with van der Waals surface area (Å²) in [6.45, 7) is 0. The second kappa shape index (κ2) is 5.41. The summed E-state index contributed by atoms with van der Waals surface area (Å²) in [4.78, 5) is 7.55. The Morgan fingerprint density at radius 3 is 2.35 bits per heavy atom. The molecule has 1 aromatic heterocycles. The topological polar surface area (TPSA) is 73.1 Å². The molecule has 0 saturated heterocycles. The molecule has 2 aromatic rings. The highest BCUT2D eigenvalue weighted by Crippen LogP contribution is 2.25. The summed E-state index contributed by atoms with van der Waals surface area (Å²) < 4.78 is 39.7. The number of rotatable bonds is 3. The lowest BCUT2D eigenvalue weighted by Crippen LogP contribution is -2.16. The van der Waals surface area contributed by atoms with Gasteiger partial charge >= 0.3 is 6.36 Å². The molecule has 9 heteroatoms. The molecule has 5 nitrogen and oxygen atoms in total. The van der Waals surface area contributed by atoms with Gasteiger partial charge in [-0.1, -0.05) is 11.6 Å². The van der Waals surface area contributed by atoms with Crippen molar-refractivity contribution in [3.8, 4) is 5.75 Å². The summed E-state index contributed by atoms with van der Waals surface area (Å²) in [6, 6.07) is 6.56. The van der Waals surface area contributed by atoms with E-state index < -0.39 is 6.36 Å². The summed E-state index contributed by atoms with van der Waals surface area (Å²) in [7, 11) is 0. The van der Waals surface area contributed by atoms with Crippen molar-refractivity contribution in [3.63, 3.8) is 0 Å². The highest BCUT2D eigenvalue weighted by molar-refractivity contribution is 6.29. The van der Waals surface area contributed by atoms with Gasteiger partial charge in [0.15, 0.2) is 0 Å². The monoisotopic (exact) mass is 304 g/mol. The van der Waals surface area contributed by atoms with Crippen LogP contribution in [0.5, 0.6) is 5.75 Å². The maximum Gasteiger partial charge on any atom is 0.573 e. The molecule has 0 unspecified atom stereocenters. The number of nitrogen functional groups attached to an aromatic ring is 1. The molecule has 0 radical (unpaired) electrons. The van der Waals surface area contributed by atoms with Crippen LogP contribution in [-0.4, -0.2) is 16.3 Å². The van der Waals surface area contributed by atoms with Crippen LogP contribution in [0.15, 0.2) is 30.3 Å². The maximum atomic E-state index is 12.0. The van der Waals surface area contributed by atoms with E-state index in [4.69, 9.17) is 17.3 Å². The summed E-state index contributed by atoms with van der Waals surface area (Å²) in [6.07, 6.45) is -4.72. The third-order valence-corrected chi connectivity index (χ3v) is 2.27. The summed E-state index contributed by atoms with van der Waals surface area (Å²) >= 11 is 5.70. The molecule has 3 N–H and O–H groups in total. The van der Waals surface area contributed by atoms with Gasteiger partial charge in [0.25, 0.3) is 0 Å². The number of aromatic nitrogens is 2. The number of benzene rings is 1.